The molecule has 0 radical (unpaired) electrons. The molecule has 0 spiro atoms. The Morgan fingerprint density at radius 2 is 1.67 bits per heavy atom. The van der Waals surface area contributed by atoms with Gasteiger partial charge in [-0.25, -0.2) is 12.7 Å². The van der Waals surface area contributed by atoms with Crippen molar-refractivity contribution in [1.82, 2.24) is 9.21 Å². The average molecular weight is 276 g/mol. The second-order valence-electron chi connectivity index (χ2n) is 4.78. The first-order chi connectivity index (χ1) is 8.47. The van der Waals surface area contributed by atoms with Gasteiger partial charge in [-0.3, -0.25) is 4.79 Å². The molecule has 6 heteroatoms. The fourth-order valence-corrected chi connectivity index (χ4v) is 3.24. The van der Waals surface area contributed by atoms with Gasteiger partial charge in [-0.2, -0.15) is 0 Å². The molecule has 0 saturated carbocycles. The molecule has 106 valence electrons. The van der Waals surface area contributed by atoms with E-state index in [9.17, 15) is 13.2 Å². The summed E-state index contributed by atoms with van der Waals surface area (Å²) in [6.45, 7) is 3.29. The van der Waals surface area contributed by atoms with Gasteiger partial charge < -0.3 is 4.90 Å². The molecule has 0 atom stereocenters. The number of carbonyl (C=O) groups is 1. The minimum Gasteiger partial charge on any atom is -0.346 e. The zero-order valence-corrected chi connectivity index (χ0v) is 12.2. The summed E-state index contributed by atoms with van der Waals surface area (Å²) in [5.41, 5.74) is 0. The first-order valence-electron chi connectivity index (χ1n) is 6.69. The van der Waals surface area contributed by atoms with E-state index in [0.717, 1.165) is 32.2 Å². The van der Waals surface area contributed by atoms with Crippen LogP contribution in [0.1, 0.15) is 39.0 Å². The van der Waals surface area contributed by atoms with E-state index in [1.54, 1.807) is 18.9 Å². The van der Waals surface area contributed by atoms with Gasteiger partial charge in [0.1, 0.15) is 0 Å². The van der Waals surface area contributed by atoms with E-state index in [-0.39, 0.29) is 18.1 Å². The van der Waals surface area contributed by atoms with E-state index in [2.05, 4.69) is 0 Å². The van der Waals surface area contributed by atoms with Crippen LogP contribution in [0.2, 0.25) is 0 Å². The zero-order valence-electron chi connectivity index (χ0n) is 11.4. The van der Waals surface area contributed by atoms with Gasteiger partial charge in [0, 0.05) is 33.1 Å². The van der Waals surface area contributed by atoms with Crippen LogP contribution in [0.15, 0.2) is 0 Å². The quantitative estimate of drug-likeness (QED) is 0.758. The number of amides is 1. The number of sulfonamides is 1. The smallest absolute Gasteiger partial charge is 0.223 e. The molecule has 0 N–H and O–H groups in total. The predicted octanol–water partition coefficient (Wildman–Crippen LogP) is 1.06. The molecule has 18 heavy (non-hydrogen) atoms. The highest BCUT2D eigenvalue weighted by Gasteiger charge is 2.21. The average Bonchev–Trinajstić information content (AvgIpc) is 2.38. The van der Waals surface area contributed by atoms with Gasteiger partial charge in [0.15, 0.2) is 0 Å². The van der Waals surface area contributed by atoms with Crippen LogP contribution in [0.4, 0.5) is 0 Å². The number of hydrogen-bond donors (Lipinski definition) is 0. The van der Waals surface area contributed by atoms with Crippen molar-refractivity contribution < 1.29 is 13.2 Å². The Morgan fingerprint density at radius 1 is 1.06 bits per heavy atom. The lowest BCUT2D eigenvalue weighted by molar-refractivity contribution is -0.130. The normalized spacial score (nSPS) is 21.7. The van der Waals surface area contributed by atoms with Crippen LogP contribution >= 0.6 is 0 Å². The summed E-state index contributed by atoms with van der Waals surface area (Å²) in [4.78, 5) is 13.5. The van der Waals surface area contributed by atoms with Crippen LogP contribution in [0, 0.1) is 0 Å². The highest BCUT2D eigenvalue weighted by molar-refractivity contribution is 7.89. The van der Waals surface area contributed by atoms with Crippen molar-refractivity contribution in [2.75, 3.05) is 32.4 Å². The van der Waals surface area contributed by atoms with Gasteiger partial charge >= 0.3 is 0 Å². The molecule has 1 rings (SSSR count). The molecule has 1 aliphatic heterocycles. The van der Waals surface area contributed by atoms with E-state index >= 15 is 0 Å². The molecule has 1 amide bonds. The van der Waals surface area contributed by atoms with E-state index in [4.69, 9.17) is 0 Å². The fourth-order valence-electron chi connectivity index (χ4n) is 2.10. The van der Waals surface area contributed by atoms with Gasteiger partial charge in [-0.15, -0.1) is 0 Å². The second-order valence-corrected chi connectivity index (χ2v) is 7.04. The van der Waals surface area contributed by atoms with Gasteiger partial charge in [0.2, 0.25) is 15.9 Å². The standard InChI is InChI=1S/C12H24N2O3S/c1-3-18(16,17)14-10-7-5-4-6-9-13(2)12(15)8-11-14/h3-11H2,1-2H3. The maximum absolute atomic E-state index is 11.9. The topological polar surface area (TPSA) is 57.7 Å². The lowest BCUT2D eigenvalue weighted by Gasteiger charge is -2.22. The molecule has 1 saturated heterocycles. The molecule has 0 aromatic rings. The molecule has 1 heterocycles. The van der Waals surface area contributed by atoms with Crippen molar-refractivity contribution in [2.45, 2.75) is 39.0 Å². The third-order valence-corrected chi connectivity index (χ3v) is 5.29. The first kappa shape index (κ1) is 15.4. The van der Waals surface area contributed by atoms with Gasteiger partial charge in [-0.05, 0) is 19.8 Å². The van der Waals surface area contributed by atoms with Gasteiger partial charge in [0.25, 0.3) is 0 Å². The molecule has 0 aliphatic carbocycles. The predicted molar refractivity (Wildman–Crippen MR) is 71.8 cm³/mol. The molecule has 0 aromatic carbocycles. The van der Waals surface area contributed by atoms with E-state index in [0.29, 0.717) is 13.1 Å². The molecule has 0 bridgehead atoms. The van der Waals surface area contributed by atoms with Gasteiger partial charge in [0.05, 0.1) is 5.75 Å². The SMILES string of the molecule is CCS(=O)(=O)N1CCCCCCN(C)C(=O)CC1. The highest BCUT2D eigenvalue weighted by Crippen LogP contribution is 2.10. The number of rotatable bonds is 2. The summed E-state index contributed by atoms with van der Waals surface area (Å²) in [6.07, 6.45) is 4.25. The van der Waals surface area contributed by atoms with E-state index < -0.39 is 10.0 Å². The minimum atomic E-state index is -3.18. The Morgan fingerprint density at radius 3 is 2.28 bits per heavy atom. The van der Waals surface area contributed by atoms with Crippen molar-refractivity contribution in [3.8, 4) is 0 Å². The molecular weight excluding hydrogens is 252 g/mol. The Bertz CT molecular complexity index is 368. The molecule has 1 fully saturated rings. The minimum absolute atomic E-state index is 0.0354. The summed E-state index contributed by atoms with van der Waals surface area (Å²) < 4.78 is 25.3. The lowest BCUT2D eigenvalue weighted by atomic mass is 10.2. The van der Waals surface area contributed by atoms with Crippen molar-refractivity contribution >= 4 is 15.9 Å². The Balaban J connectivity index is 2.71. The summed E-state index contributed by atoms with van der Waals surface area (Å²) in [5.74, 6) is 0.144. The Labute approximate surface area is 110 Å². The van der Waals surface area contributed by atoms with Crippen LogP contribution in [0.5, 0.6) is 0 Å². The largest absolute Gasteiger partial charge is 0.346 e. The van der Waals surface area contributed by atoms with Crippen LogP contribution in [0.25, 0.3) is 0 Å². The van der Waals surface area contributed by atoms with Crippen LogP contribution in [0.3, 0.4) is 0 Å². The van der Waals surface area contributed by atoms with Crippen LogP contribution in [-0.2, 0) is 14.8 Å². The summed E-state index contributed by atoms with van der Waals surface area (Å²) >= 11 is 0. The van der Waals surface area contributed by atoms with Crippen LogP contribution in [-0.4, -0.2) is 56.0 Å². The summed E-state index contributed by atoms with van der Waals surface area (Å²) in [6, 6.07) is 0. The third kappa shape index (κ3) is 4.57. The molecule has 0 aromatic heterocycles. The van der Waals surface area contributed by atoms with Crippen molar-refractivity contribution in [3.05, 3.63) is 0 Å². The van der Waals surface area contributed by atoms with Crippen molar-refractivity contribution in [2.24, 2.45) is 0 Å². The zero-order chi connectivity index (χ0) is 13.6. The monoisotopic (exact) mass is 276 g/mol. The Hall–Kier alpha value is -0.620. The highest BCUT2D eigenvalue weighted by atomic mass is 32.2. The lowest BCUT2D eigenvalue weighted by Crippen LogP contribution is -2.37. The first-order valence-corrected chi connectivity index (χ1v) is 8.30. The molecule has 0 unspecified atom stereocenters. The summed E-state index contributed by atoms with van der Waals surface area (Å²) in [5, 5.41) is 0. The number of hydrogen-bond acceptors (Lipinski definition) is 3. The molecular formula is C12H24N2O3S. The number of nitrogens with zero attached hydrogens (tertiary/aromatic N) is 2. The molecule has 5 nitrogen and oxygen atoms in total. The van der Waals surface area contributed by atoms with E-state index in [1.807, 2.05) is 0 Å². The fraction of sp³-hybridized carbons (Fsp3) is 0.917. The van der Waals surface area contributed by atoms with Gasteiger partial charge in [-0.1, -0.05) is 12.8 Å². The summed E-state index contributed by atoms with van der Waals surface area (Å²) in [7, 11) is -1.39. The van der Waals surface area contributed by atoms with Crippen molar-refractivity contribution in [3.63, 3.8) is 0 Å². The maximum atomic E-state index is 11.9. The third-order valence-electron chi connectivity index (χ3n) is 3.41. The van der Waals surface area contributed by atoms with Crippen LogP contribution < -0.4 is 0 Å². The van der Waals surface area contributed by atoms with Crippen molar-refractivity contribution in [1.29, 1.82) is 0 Å². The maximum Gasteiger partial charge on any atom is 0.223 e. The molecule has 1 aliphatic rings. The number of carbonyl (C=O) groups excluding carboxylic acids is 1. The van der Waals surface area contributed by atoms with E-state index in [1.165, 1.54) is 4.31 Å². The second kappa shape index (κ2) is 7.09. The Kier molecular flexibility index (Phi) is 6.08.